The minimum Gasteiger partial charge on any atom is -0.488 e. The third-order valence-electron chi connectivity index (χ3n) is 8.14. The summed E-state index contributed by atoms with van der Waals surface area (Å²) in [5.74, 6) is 0.608. The number of rotatable bonds is 5. The van der Waals surface area contributed by atoms with Crippen molar-refractivity contribution in [1.82, 2.24) is 4.90 Å². The molecule has 2 fully saturated rings. The number of hydrogen-bond donors (Lipinski definition) is 1. The first kappa shape index (κ1) is 26.1. The molecule has 3 aromatic rings. The van der Waals surface area contributed by atoms with Crippen LogP contribution in [0.1, 0.15) is 54.4 Å². The maximum atomic E-state index is 13.2. The van der Waals surface area contributed by atoms with Gasteiger partial charge in [-0.15, -0.1) is 0 Å². The Balaban J connectivity index is 1.34. The molecule has 2 aliphatic rings. The highest BCUT2D eigenvalue weighted by atomic mass is 35.5. The first-order valence-corrected chi connectivity index (χ1v) is 13.5. The Morgan fingerprint density at radius 1 is 1.14 bits per heavy atom. The van der Waals surface area contributed by atoms with Crippen LogP contribution >= 0.6 is 23.2 Å². The van der Waals surface area contributed by atoms with E-state index in [1.165, 1.54) is 0 Å². The van der Waals surface area contributed by atoms with Crippen molar-refractivity contribution in [3.05, 3.63) is 73.1 Å². The van der Waals surface area contributed by atoms with Crippen LogP contribution in [0, 0.1) is 19.8 Å². The lowest BCUT2D eigenvalue weighted by molar-refractivity contribution is -0.142. The fourth-order valence-corrected chi connectivity index (χ4v) is 6.10. The zero-order valence-electron chi connectivity index (χ0n) is 21.1. The molecule has 2 heterocycles. The predicted molar refractivity (Wildman–Crippen MR) is 145 cm³/mol. The van der Waals surface area contributed by atoms with E-state index in [0.29, 0.717) is 52.0 Å². The van der Waals surface area contributed by atoms with Gasteiger partial charge in [0.05, 0.1) is 27.6 Å². The molecule has 5 rings (SSSR count). The van der Waals surface area contributed by atoms with Crippen molar-refractivity contribution in [1.29, 1.82) is 0 Å². The van der Waals surface area contributed by atoms with Gasteiger partial charge in [-0.05, 0) is 68.5 Å². The van der Waals surface area contributed by atoms with Gasteiger partial charge >= 0.3 is 5.63 Å². The number of aliphatic hydroxyl groups is 1. The van der Waals surface area contributed by atoms with Crippen molar-refractivity contribution in [2.75, 3.05) is 13.1 Å². The van der Waals surface area contributed by atoms with Gasteiger partial charge in [-0.3, -0.25) is 4.79 Å². The monoisotopic (exact) mass is 543 g/mol. The number of ether oxygens (including phenoxy) is 1. The van der Waals surface area contributed by atoms with Gasteiger partial charge in [0.25, 0.3) is 0 Å². The lowest BCUT2D eigenvalue weighted by Gasteiger charge is -2.47. The SMILES string of the molecule is Cc1c(CC(=O)N2CCC3(O)CCCCC3C2)c(=O)oc2c(C)c(OCc3ccc(Cl)c(Cl)c3)ccc12. The van der Waals surface area contributed by atoms with Crippen molar-refractivity contribution in [2.45, 2.75) is 64.6 Å². The van der Waals surface area contributed by atoms with Gasteiger partial charge < -0.3 is 19.2 Å². The van der Waals surface area contributed by atoms with Crippen molar-refractivity contribution in [3.63, 3.8) is 0 Å². The Bertz CT molecular complexity index is 1420. The summed E-state index contributed by atoms with van der Waals surface area (Å²) in [6.07, 6.45) is 4.46. The normalized spacial score (nSPS) is 21.6. The third-order valence-corrected chi connectivity index (χ3v) is 8.88. The Hall–Kier alpha value is -2.54. The van der Waals surface area contributed by atoms with Gasteiger partial charge in [0, 0.05) is 30.0 Å². The molecule has 2 aromatic carbocycles. The summed E-state index contributed by atoms with van der Waals surface area (Å²) in [7, 11) is 0. The van der Waals surface area contributed by atoms with Crippen LogP contribution in [-0.4, -0.2) is 34.6 Å². The molecular weight excluding hydrogens is 513 g/mol. The number of amides is 1. The van der Waals surface area contributed by atoms with E-state index in [0.717, 1.165) is 42.2 Å². The molecule has 6 nitrogen and oxygen atoms in total. The van der Waals surface area contributed by atoms with Gasteiger partial charge in [0.1, 0.15) is 17.9 Å². The zero-order valence-corrected chi connectivity index (χ0v) is 22.6. The van der Waals surface area contributed by atoms with Crippen LogP contribution < -0.4 is 10.4 Å². The second-order valence-corrected chi connectivity index (χ2v) is 11.2. The van der Waals surface area contributed by atoms with E-state index in [9.17, 15) is 14.7 Å². The van der Waals surface area contributed by atoms with Crippen molar-refractivity contribution >= 4 is 40.1 Å². The number of hydrogen-bond acceptors (Lipinski definition) is 5. The maximum absolute atomic E-state index is 13.2. The van der Waals surface area contributed by atoms with Crippen molar-refractivity contribution < 1.29 is 19.1 Å². The highest BCUT2D eigenvalue weighted by Crippen LogP contribution is 2.40. The van der Waals surface area contributed by atoms with E-state index in [-0.39, 0.29) is 24.9 Å². The van der Waals surface area contributed by atoms with Crippen molar-refractivity contribution in [2.24, 2.45) is 5.92 Å². The van der Waals surface area contributed by atoms with Gasteiger partial charge in [0.15, 0.2) is 0 Å². The highest BCUT2D eigenvalue weighted by molar-refractivity contribution is 6.42. The van der Waals surface area contributed by atoms with E-state index in [1.807, 2.05) is 32.0 Å². The summed E-state index contributed by atoms with van der Waals surface area (Å²) in [6.45, 7) is 5.05. The third kappa shape index (κ3) is 5.12. The molecule has 1 N–H and O–H groups in total. The van der Waals surface area contributed by atoms with E-state index < -0.39 is 11.2 Å². The molecule has 1 aromatic heterocycles. The molecule has 0 spiro atoms. The number of carbonyl (C=O) groups is 1. The minimum absolute atomic E-state index is 0.0100. The van der Waals surface area contributed by atoms with Crippen LogP contribution in [0.5, 0.6) is 5.75 Å². The summed E-state index contributed by atoms with van der Waals surface area (Å²) in [5.41, 5.74) is 2.00. The lowest BCUT2D eigenvalue weighted by Crippen LogP contribution is -2.55. The Kier molecular flexibility index (Phi) is 7.27. The smallest absolute Gasteiger partial charge is 0.340 e. The number of aryl methyl sites for hydroxylation is 2. The molecule has 2 atom stereocenters. The summed E-state index contributed by atoms with van der Waals surface area (Å²) in [5, 5.41) is 12.7. The molecule has 1 amide bonds. The van der Waals surface area contributed by atoms with Crippen LogP contribution in [0.4, 0.5) is 0 Å². The average molecular weight is 544 g/mol. The first-order chi connectivity index (χ1) is 17.7. The van der Waals surface area contributed by atoms with Gasteiger partial charge in [-0.25, -0.2) is 4.79 Å². The van der Waals surface area contributed by atoms with Crippen LogP contribution in [0.3, 0.4) is 0 Å². The van der Waals surface area contributed by atoms with E-state index in [2.05, 4.69) is 0 Å². The highest BCUT2D eigenvalue weighted by Gasteiger charge is 2.43. The number of nitrogens with zero attached hydrogens (tertiary/aromatic N) is 1. The largest absolute Gasteiger partial charge is 0.488 e. The quantitative estimate of drug-likeness (QED) is 0.399. The van der Waals surface area contributed by atoms with Gasteiger partial charge in [-0.1, -0.05) is 42.1 Å². The van der Waals surface area contributed by atoms with Gasteiger partial charge in [0.2, 0.25) is 5.91 Å². The zero-order chi connectivity index (χ0) is 26.3. The Labute approximate surface area is 226 Å². The Morgan fingerprint density at radius 2 is 1.95 bits per heavy atom. The summed E-state index contributed by atoms with van der Waals surface area (Å²) in [4.78, 5) is 28.0. The lowest BCUT2D eigenvalue weighted by atomic mass is 9.71. The second kappa shape index (κ2) is 10.3. The number of benzene rings is 2. The topological polar surface area (TPSA) is 80.0 Å². The number of halogens is 2. The molecule has 1 saturated carbocycles. The molecule has 37 heavy (non-hydrogen) atoms. The molecule has 0 radical (unpaired) electrons. The molecule has 8 heteroatoms. The van der Waals surface area contributed by atoms with Crippen LogP contribution in [0.25, 0.3) is 11.0 Å². The second-order valence-electron chi connectivity index (χ2n) is 10.4. The van der Waals surface area contributed by atoms with Crippen LogP contribution in [0.2, 0.25) is 10.0 Å². The number of likely N-dealkylation sites (tertiary alicyclic amines) is 1. The van der Waals surface area contributed by atoms with E-state index in [1.54, 1.807) is 17.0 Å². The molecule has 1 saturated heterocycles. The average Bonchev–Trinajstić information content (AvgIpc) is 2.87. The Morgan fingerprint density at radius 3 is 2.73 bits per heavy atom. The summed E-state index contributed by atoms with van der Waals surface area (Å²) in [6, 6.07) is 9.03. The predicted octanol–water partition coefficient (Wildman–Crippen LogP) is 5.99. The number of carbonyl (C=O) groups excluding carboxylic acids is 1. The molecule has 1 aliphatic heterocycles. The fraction of sp³-hybridized carbons (Fsp3) is 0.448. The summed E-state index contributed by atoms with van der Waals surface area (Å²) >= 11 is 12.1. The standard InChI is InChI=1S/C29H31Cl2NO5/c1-17-21-7-9-25(36-16-19-6-8-23(30)24(31)13-19)18(2)27(21)37-28(34)22(17)14-26(33)32-12-11-29(35)10-4-3-5-20(29)15-32/h6-9,13,20,35H,3-5,10-12,14-16H2,1-2H3. The van der Waals surface area contributed by atoms with E-state index in [4.69, 9.17) is 32.4 Å². The first-order valence-electron chi connectivity index (χ1n) is 12.8. The molecule has 196 valence electrons. The summed E-state index contributed by atoms with van der Waals surface area (Å²) < 4.78 is 11.7. The van der Waals surface area contributed by atoms with E-state index >= 15 is 0 Å². The maximum Gasteiger partial charge on any atom is 0.340 e. The number of piperidine rings is 1. The van der Waals surface area contributed by atoms with Gasteiger partial charge in [-0.2, -0.15) is 0 Å². The molecule has 1 aliphatic carbocycles. The molecule has 0 bridgehead atoms. The molecule has 2 unspecified atom stereocenters. The minimum atomic E-state index is -0.649. The van der Waals surface area contributed by atoms with Crippen molar-refractivity contribution in [3.8, 4) is 5.75 Å². The molecular formula is C29H31Cl2NO5. The van der Waals surface area contributed by atoms with Crippen LogP contribution in [-0.2, 0) is 17.8 Å². The van der Waals surface area contributed by atoms with Crippen LogP contribution in [0.15, 0.2) is 39.5 Å². The number of fused-ring (bicyclic) bond motifs is 2. The fourth-order valence-electron chi connectivity index (χ4n) is 5.78.